The quantitative estimate of drug-likeness (QED) is 0.909. The number of rotatable bonds is 4. The highest BCUT2D eigenvalue weighted by Gasteiger charge is 2.10. The minimum atomic E-state index is -0.708. The number of carbonyl (C=O) groups excluding carboxylic acids is 1. The minimum Gasteiger partial charge on any atom is -0.353 e. The largest absolute Gasteiger partial charge is 0.353 e. The fourth-order valence-corrected chi connectivity index (χ4v) is 1.71. The SMILES string of the molecule is CC(C)NC(=O)c1cc(Nc2ccc(F)cc2F)ccn1. The Morgan fingerprint density at radius 2 is 1.95 bits per heavy atom. The van der Waals surface area contributed by atoms with Crippen LogP contribution < -0.4 is 10.6 Å². The van der Waals surface area contributed by atoms with Gasteiger partial charge in [0.15, 0.2) is 0 Å². The molecule has 1 heterocycles. The summed E-state index contributed by atoms with van der Waals surface area (Å²) in [4.78, 5) is 15.8. The molecule has 0 unspecified atom stereocenters. The Kier molecular flexibility index (Phi) is 4.47. The van der Waals surface area contributed by atoms with E-state index in [1.807, 2.05) is 13.8 Å². The fraction of sp³-hybridized carbons (Fsp3) is 0.200. The lowest BCUT2D eigenvalue weighted by atomic mass is 10.2. The number of nitrogens with one attached hydrogen (secondary N) is 2. The van der Waals surface area contributed by atoms with E-state index < -0.39 is 11.6 Å². The van der Waals surface area contributed by atoms with Crippen molar-refractivity contribution >= 4 is 17.3 Å². The van der Waals surface area contributed by atoms with Crippen molar-refractivity contribution in [3.8, 4) is 0 Å². The van der Waals surface area contributed by atoms with Crippen molar-refractivity contribution in [3.63, 3.8) is 0 Å². The molecule has 6 heteroatoms. The third-order valence-corrected chi connectivity index (χ3v) is 2.62. The predicted octanol–water partition coefficient (Wildman–Crippen LogP) is 3.24. The molecule has 1 aromatic heterocycles. The van der Waals surface area contributed by atoms with Crippen LogP contribution in [-0.2, 0) is 0 Å². The molecule has 21 heavy (non-hydrogen) atoms. The summed E-state index contributed by atoms with van der Waals surface area (Å²) in [5.74, 6) is -1.67. The number of nitrogens with zero attached hydrogens (tertiary/aromatic N) is 1. The van der Waals surface area contributed by atoms with Crippen molar-refractivity contribution in [2.45, 2.75) is 19.9 Å². The number of anilines is 2. The summed E-state index contributed by atoms with van der Waals surface area (Å²) in [6.07, 6.45) is 1.44. The number of amides is 1. The smallest absolute Gasteiger partial charge is 0.270 e. The molecule has 0 saturated heterocycles. The molecule has 0 saturated carbocycles. The van der Waals surface area contributed by atoms with Gasteiger partial charge in [-0.15, -0.1) is 0 Å². The van der Waals surface area contributed by atoms with E-state index in [0.717, 1.165) is 12.1 Å². The zero-order chi connectivity index (χ0) is 15.4. The zero-order valence-electron chi connectivity index (χ0n) is 11.7. The second kappa shape index (κ2) is 6.30. The Labute approximate surface area is 121 Å². The van der Waals surface area contributed by atoms with Crippen LogP contribution in [0.4, 0.5) is 20.2 Å². The van der Waals surface area contributed by atoms with Gasteiger partial charge in [-0.05, 0) is 38.1 Å². The molecule has 0 aliphatic rings. The second-order valence-corrected chi connectivity index (χ2v) is 4.81. The van der Waals surface area contributed by atoms with Crippen LogP contribution in [0.25, 0.3) is 0 Å². The van der Waals surface area contributed by atoms with Gasteiger partial charge in [0.1, 0.15) is 17.3 Å². The first-order chi connectivity index (χ1) is 9.95. The molecule has 110 valence electrons. The molecule has 0 aliphatic carbocycles. The maximum Gasteiger partial charge on any atom is 0.270 e. The minimum absolute atomic E-state index is 0.00883. The van der Waals surface area contributed by atoms with Crippen molar-refractivity contribution in [1.82, 2.24) is 10.3 Å². The first kappa shape index (κ1) is 14.9. The van der Waals surface area contributed by atoms with Crippen LogP contribution in [-0.4, -0.2) is 16.9 Å². The molecular formula is C15H15F2N3O. The Balaban J connectivity index is 2.19. The predicted molar refractivity (Wildman–Crippen MR) is 76.5 cm³/mol. The third-order valence-electron chi connectivity index (χ3n) is 2.62. The lowest BCUT2D eigenvalue weighted by molar-refractivity contribution is 0.0938. The van der Waals surface area contributed by atoms with E-state index in [-0.39, 0.29) is 23.3 Å². The summed E-state index contributed by atoms with van der Waals surface area (Å²) >= 11 is 0. The number of pyridine rings is 1. The number of aromatic nitrogens is 1. The standard InChI is InChI=1S/C15H15F2N3O/c1-9(2)19-15(21)14-8-11(5-6-18-14)20-13-4-3-10(16)7-12(13)17/h3-9H,1-2H3,(H,18,20)(H,19,21). The van der Waals surface area contributed by atoms with E-state index in [4.69, 9.17) is 0 Å². The van der Waals surface area contributed by atoms with Crippen molar-refractivity contribution in [2.75, 3.05) is 5.32 Å². The van der Waals surface area contributed by atoms with Gasteiger partial charge in [-0.3, -0.25) is 9.78 Å². The molecule has 4 nitrogen and oxygen atoms in total. The topological polar surface area (TPSA) is 54.0 Å². The van der Waals surface area contributed by atoms with Crippen molar-refractivity contribution in [3.05, 3.63) is 53.9 Å². The van der Waals surface area contributed by atoms with Gasteiger partial charge in [0, 0.05) is 24.0 Å². The van der Waals surface area contributed by atoms with Gasteiger partial charge in [-0.2, -0.15) is 0 Å². The van der Waals surface area contributed by atoms with Crippen LogP contribution in [0.5, 0.6) is 0 Å². The van der Waals surface area contributed by atoms with Crippen LogP contribution in [0.15, 0.2) is 36.5 Å². The van der Waals surface area contributed by atoms with Gasteiger partial charge in [0.25, 0.3) is 5.91 Å². The summed E-state index contributed by atoms with van der Waals surface area (Å²) in [6, 6.07) is 6.31. The average molecular weight is 291 g/mol. The van der Waals surface area contributed by atoms with Crippen LogP contribution in [0.3, 0.4) is 0 Å². The highest BCUT2D eigenvalue weighted by Crippen LogP contribution is 2.20. The first-order valence-corrected chi connectivity index (χ1v) is 6.44. The maximum atomic E-state index is 13.6. The number of hydrogen-bond donors (Lipinski definition) is 2. The molecule has 2 rings (SSSR count). The summed E-state index contributed by atoms with van der Waals surface area (Å²) < 4.78 is 26.4. The summed E-state index contributed by atoms with van der Waals surface area (Å²) in [5.41, 5.74) is 0.832. The lowest BCUT2D eigenvalue weighted by Crippen LogP contribution is -2.30. The molecule has 2 N–H and O–H groups in total. The number of halogens is 2. The summed E-state index contributed by atoms with van der Waals surface area (Å²) in [6.45, 7) is 3.68. The van der Waals surface area contributed by atoms with E-state index in [1.54, 1.807) is 6.07 Å². The molecular weight excluding hydrogens is 276 g/mol. The zero-order valence-corrected chi connectivity index (χ0v) is 11.7. The molecule has 0 aliphatic heterocycles. The van der Waals surface area contributed by atoms with Crippen molar-refractivity contribution in [2.24, 2.45) is 0 Å². The molecule has 1 aromatic carbocycles. The molecule has 2 aromatic rings. The van der Waals surface area contributed by atoms with Gasteiger partial charge < -0.3 is 10.6 Å². The van der Waals surface area contributed by atoms with E-state index >= 15 is 0 Å². The fourth-order valence-electron chi connectivity index (χ4n) is 1.71. The third kappa shape index (κ3) is 3.98. The van der Waals surface area contributed by atoms with Crippen LogP contribution in [0.2, 0.25) is 0 Å². The second-order valence-electron chi connectivity index (χ2n) is 4.81. The van der Waals surface area contributed by atoms with Crippen LogP contribution >= 0.6 is 0 Å². The Hall–Kier alpha value is -2.50. The van der Waals surface area contributed by atoms with E-state index in [2.05, 4.69) is 15.6 Å². The number of hydrogen-bond acceptors (Lipinski definition) is 3. The Morgan fingerprint density at radius 3 is 2.62 bits per heavy atom. The first-order valence-electron chi connectivity index (χ1n) is 6.44. The van der Waals surface area contributed by atoms with Gasteiger partial charge in [0.2, 0.25) is 0 Å². The monoisotopic (exact) mass is 291 g/mol. The van der Waals surface area contributed by atoms with Gasteiger partial charge in [-0.1, -0.05) is 0 Å². The van der Waals surface area contributed by atoms with Crippen molar-refractivity contribution in [1.29, 1.82) is 0 Å². The lowest BCUT2D eigenvalue weighted by Gasteiger charge is -2.10. The van der Waals surface area contributed by atoms with Crippen LogP contribution in [0.1, 0.15) is 24.3 Å². The summed E-state index contributed by atoms with van der Waals surface area (Å²) in [5, 5.41) is 5.50. The molecule has 0 fully saturated rings. The van der Waals surface area contributed by atoms with Gasteiger partial charge in [0.05, 0.1) is 5.69 Å². The highest BCUT2D eigenvalue weighted by molar-refractivity contribution is 5.93. The Morgan fingerprint density at radius 1 is 1.19 bits per heavy atom. The summed E-state index contributed by atoms with van der Waals surface area (Å²) in [7, 11) is 0. The van der Waals surface area contributed by atoms with Crippen molar-refractivity contribution < 1.29 is 13.6 Å². The van der Waals surface area contributed by atoms with E-state index in [1.165, 1.54) is 18.3 Å². The molecule has 0 bridgehead atoms. The number of benzene rings is 1. The maximum absolute atomic E-state index is 13.6. The molecule has 0 radical (unpaired) electrons. The average Bonchev–Trinajstić information content (AvgIpc) is 2.41. The molecule has 0 spiro atoms. The number of carbonyl (C=O) groups is 1. The van der Waals surface area contributed by atoms with E-state index in [9.17, 15) is 13.6 Å². The molecule has 0 atom stereocenters. The Bertz CT molecular complexity index is 659. The normalized spacial score (nSPS) is 10.5. The van der Waals surface area contributed by atoms with Gasteiger partial charge >= 0.3 is 0 Å². The molecule has 1 amide bonds. The van der Waals surface area contributed by atoms with Gasteiger partial charge in [-0.25, -0.2) is 8.78 Å². The highest BCUT2D eigenvalue weighted by atomic mass is 19.1. The van der Waals surface area contributed by atoms with E-state index in [0.29, 0.717) is 5.69 Å². The van der Waals surface area contributed by atoms with Crippen LogP contribution in [0, 0.1) is 11.6 Å².